The summed E-state index contributed by atoms with van der Waals surface area (Å²) in [5.41, 5.74) is 5.36. The fraction of sp³-hybridized carbons (Fsp3) is 0.561. The minimum Gasteiger partial charge on any atom is -0.490 e. The number of hydrogen-bond acceptors (Lipinski definition) is 13. The number of methoxy groups -OCH3 is 2. The molecular weight excluding hydrogens is 745 g/mol. The summed E-state index contributed by atoms with van der Waals surface area (Å²) in [5, 5.41) is 38.6. The van der Waals surface area contributed by atoms with E-state index in [1.54, 1.807) is 33.9 Å². The Morgan fingerprint density at radius 1 is 0.603 bits per heavy atom. The van der Waals surface area contributed by atoms with Gasteiger partial charge in [0, 0.05) is 130 Å². The summed E-state index contributed by atoms with van der Waals surface area (Å²) < 4.78 is 14.1. The number of nitro groups is 2. The largest absolute Gasteiger partial charge is 0.490 e. The summed E-state index contributed by atoms with van der Waals surface area (Å²) in [6, 6.07) is 8.18. The standard InChI is InChI=1S/2C20H27N5O3.CH4O/c2*1-22-14-15(13-21-22)17-11-19(25(26)27)20(28-2)12-18(17)24-9-5-16(6-10-24)23-7-3-4-8-23;1-2/h2*11-14,16H,3-10H2,1-2H3;2H,1H3. The van der Waals surface area contributed by atoms with Gasteiger partial charge in [0.05, 0.1) is 36.5 Å². The van der Waals surface area contributed by atoms with Gasteiger partial charge in [-0.3, -0.25) is 29.6 Å². The molecule has 2 aromatic carbocycles. The zero-order chi connectivity index (χ0) is 41.3. The number of nitro benzene ring substituents is 2. The zero-order valence-corrected chi connectivity index (χ0v) is 34.5. The summed E-state index contributed by atoms with van der Waals surface area (Å²) in [6.45, 7) is 8.64. The first-order valence-electron chi connectivity index (χ1n) is 20.3. The maximum atomic E-state index is 11.5. The van der Waals surface area contributed by atoms with Crippen LogP contribution in [-0.2, 0) is 14.1 Å². The summed E-state index contributed by atoms with van der Waals surface area (Å²) in [6.07, 6.45) is 17.0. The number of ether oxygens (including phenoxy) is 2. The summed E-state index contributed by atoms with van der Waals surface area (Å²) in [4.78, 5) is 32.2. The number of piperidine rings is 2. The molecule has 4 aliphatic rings. The van der Waals surface area contributed by atoms with E-state index in [0.717, 1.165) is 92.6 Å². The number of hydrogen-bond donors (Lipinski definition) is 1. The highest BCUT2D eigenvalue weighted by molar-refractivity contribution is 5.84. The first-order valence-corrected chi connectivity index (χ1v) is 20.3. The Bertz CT molecular complexity index is 1850. The second-order valence-electron chi connectivity index (χ2n) is 15.3. The molecule has 0 saturated carbocycles. The highest BCUT2D eigenvalue weighted by Crippen LogP contribution is 2.43. The fourth-order valence-electron chi connectivity index (χ4n) is 8.99. The number of likely N-dealkylation sites (tertiary alicyclic amines) is 2. The number of benzene rings is 2. The highest BCUT2D eigenvalue weighted by Gasteiger charge is 2.31. The van der Waals surface area contributed by atoms with Crippen LogP contribution >= 0.6 is 0 Å². The molecule has 0 bridgehead atoms. The number of anilines is 2. The van der Waals surface area contributed by atoms with Crippen molar-refractivity contribution in [1.29, 1.82) is 0 Å². The van der Waals surface area contributed by atoms with Gasteiger partial charge in [0.25, 0.3) is 0 Å². The van der Waals surface area contributed by atoms with Gasteiger partial charge >= 0.3 is 11.4 Å². The van der Waals surface area contributed by atoms with Crippen LogP contribution in [0, 0.1) is 20.2 Å². The smallest absolute Gasteiger partial charge is 0.311 e. The molecule has 6 heterocycles. The van der Waals surface area contributed by atoms with E-state index in [-0.39, 0.29) is 21.2 Å². The number of aryl methyl sites for hydroxylation is 2. The van der Waals surface area contributed by atoms with E-state index in [9.17, 15) is 20.2 Å². The van der Waals surface area contributed by atoms with Gasteiger partial charge in [-0.25, -0.2) is 0 Å². The molecule has 17 nitrogen and oxygen atoms in total. The predicted octanol–water partition coefficient (Wildman–Crippen LogP) is 5.75. The maximum absolute atomic E-state index is 11.5. The van der Waals surface area contributed by atoms with E-state index < -0.39 is 0 Å². The molecule has 0 radical (unpaired) electrons. The van der Waals surface area contributed by atoms with Gasteiger partial charge in [0.2, 0.25) is 0 Å². The van der Waals surface area contributed by atoms with E-state index in [1.807, 2.05) is 38.6 Å². The van der Waals surface area contributed by atoms with Crippen molar-refractivity contribution in [1.82, 2.24) is 29.4 Å². The van der Waals surface area contributed by atoms with Crippen molar-refractivity contribution in [3.05, 3.63) is 69.3 Å². The van der Waals surface area contributed by atoms with Crippen molar-refractivity contribution in [3.63, 3.8) is 0 Å². The van der Waals surface area contributed by atoms with E-state index in [1.165, 1.54) is 66.1 Å². The predicted molar refractivity (Wildman–Crippen MR) is 224 cm³/mol. The Hall–Kier alpha value is -5.26. The molecule has 17 heteroatoms. The minimum atomic E-state index is -0.387. The quantitative estimate of drug-likeness (QED) is 0.152. The molecule has 4 aromatic rings. The van der Waals surface area contributed by atoms with Crippen molar-refractivity contribution in [2.24, 2.45) is 14.1 Å². The Morgan fingerprint density at radius 3 is 1.22 bits per heavy atom. The number of aliphatic hydroxyl groups excluding tert-OH is 1. The second kappa shape index (κ2) is 19.5. The van der Waals surface area contributed by atoms with E-state index >= 15 is 0 Å². The third-order valence-corrected chi connectivity index (χ3v) is 11.9. The Labute approximate surface area is 340 Å². The Kier molecular flexibility index (Phi) is 14.2. The second-order valence-corrected chi connectivity index (χ2v) is 15.3. The molecule has 0 aliphatic carbocycles. The van der Waals surface area contributed by atoms with Crippen molar-refractivity contribution < 1.29 is 24.4 Å². The van der Waals surface area contributed by atoms with Crippen LogP contribution < -0.4 is 19.3 Å². The van der Waals surface area contributed by atoms with Crippen LogP contribution in [0.25, 0.3) is 22.3 Å². The Balaban J connectivity index is 0.000000188. The third kappa shape index (κ3) is 9.54. The lowest BCUT2D eigenvalue weighted by molar-refractivity contribution is -0.385. The lowest BCUT2D eigenvalue weighted by Crippen LogP contribution is -2.44. The van der Waals surface area contributed by atoms with Gasteiger partial charge < -0.3 is 34.2 Å². The first kappa shape index (κ1) is 42.3. The molecule has 0 atom stereocenters. The Morgan fingerprint density at radius 2 is 0.948 bits per heavy atom. The first-order chi connectivity index (χ1) is 28.1. The SMILES string of the molecule is CO.COc1cc(N2CCC(N3CCCC3)CC2)c(-c2cnn(C)c2)cc1[N+](=O)[O-].COc1cc(N2CCC(N3CCCC3)CC2)c(-c2cnn(C)c2)cc1[N+](=O)[O-]. The molecule has 4 saturated heterocycles. The third-order valence-electron chi connectivity index (χ3n) is 11.9. The van der Waals surface area contributed by atoms with Gasteiger partial charge in [0.1, 0.15) is 0 Å². The van der Waals surface area contributed by atoms with Gasteiger partial charge in [-0.1, -0.05) is 0 Å². The summed E-state index contributed by atoms with van der Waals surface area (Å²) in [7, 11) is 7.66. The van der Waals surface area contributed by atoms with Crippen LogP contribution in [0.15, 0.2) is 49.1 Å². The fourth-order valence-corrected chi connectivity index (χ4v) is 8.99. The molecule has 0 spiro atoms. The van der Waals surface area contributed by atoms with Gasteiger partial charge in [-0.05, 0) is 77.5 Å². The van der Waals surface area contributed by atoms with E-state index in [0.29, 0.717) is 23.6 Å². The summed E-state index contributed by atoms with van der Waals surface area (Å²) >= 11 is 0. The number of aromatic nitrogens is 4. The number of rotatable bonds is 10. The topological polar surface area (TPSA) is 174 Å². The molecule has 4 aliphatic heterocycles. The van der Waals surface area contributed by atoms with Gasteiger partial charge in [-0.15, -0.1) is 0 Å². The normalized spacial score (nSPS) is 18.0. The van der Waals surface area contributed by atoms with Crippen LogP contribution in [-0.4, -0.2) is 130 Å². The van der Waals surface area contributed by atoms with Crippen molar-refractivity contribution in [3.8, 4) is 33.8 Å². The van der Waals surface area contributed by atoms with Crippen molar-refractivity contribution in [2.45, 2.75) is 63.5 Å². The summed E-state index contributed by atoms with van der Waals surface area (Å²) in [5.74, 6) is 0.601. The molecule has 0 amide bonds. The van der Waals surface area contributed by atoms with Gasteiger partial charge in [0.15, 0.2) is 11.5 Å². The zero-order valence-electron chi connectivity index (χ0n) is 34.5. The number of nitrogens with zero attached hydrogens (tertiary/aromatic N) is 10. The molecule has 58 heavy (non-hydrogen) atoms. The highest BCUT2D eigenvalue weighted by atomic mass is 16.6. The van der Waals surface area contributed by atoms with Crippen LogP contribution in [0.5, 0.6) is 11.5 Å². The van der Waals surface area contributed by atoms with E-state index in [4.69, 9.17) is 14.6 Å². The number of aliphatic hydroxyl groups is 1. The molecule has 1 N–H and O–H groups in total. The molecule has 0 unspecified atom stereocenters. The molecule has 4 fully saturated rings. The van der Waals surface area contributed by atoms with Crippen LogP contribution in [0.1, 0.15) is 51.4 Å². The lowest BCUT2D eigenvalue weighted by atomic mass is 9.99. The lowest BCUT2D eigenvalue weighted by Gasteiger charge is -2.38. The monoisotopic (exact) mass is 802 g/mol. The van der Waals surface area contributed by atoms with Crippen molar-refractivity contribution >= 4 is 22.7 Å². The van der Waals surface area contributed by atoms with Crippen LogP contribution in [0.2, 0.25) is 0 Å². The molecule has 2 aromatic heterocycles. The molecule has 8 rings (SSSR count). The van der Waals surface area contributed by atoms with Crippen molar-refractivity contribution in [2.75, 3.05) is 83.5 Å². The van der Waals surface area contributed by atoms with E-state index in [2.05, 4.69) is 29.8 Å². The maximum Gasteiger partial charge on any atom is 0.311 e. The molecular formula is C41H58N10O7. The average Bonchev–Trinajstić information content (AvgIpc) is 4.11. The van der Waals surface area contributed by atoms with Crippen LogP contribution in [0.3, 0.4) is 0 Å². The van der Waals surface area contributed by atoms with Crippen LogP contribution in [0.4, 0.5) is 22.7 Å². The average molecular weight is 803 g/mol. The molecule has 314 valence electrons. The van der Waals surface area contributed by atoms with Gasteiger partial charge in [-0.2, -0.15) is 10.2 Å². The minimum absolute atomic E-state index is 0.0166.